The van der Waals surface area contributed by atoms with E-state index in [1.165, 1.54) is 0 Å². The van der Waals surface area contributed by atoms with Crippen LogP contribution in [0, 0.1) is 11.3 Å². The van der Waals surface area contributed by atoms with Gasteiger partial charge in [0.05, 0.1) is 5.52 Å². The molecule has 2 aromatic heterocycles. The number of aromatic amines is 1. The van der Waals surface area contributed by atoms with Crippen molar-refractivity contribution in [2.45, 2.75) is 19.8 Å². The minimum atomic E-state index is -0.256. The fraction of sp³-hybridized carbons (Fsp3) is 0.273. The highest BCUT2D eigenvalue weighted by Gasteiger charge is 2.15. The number of halogens is 1. The van der Waals surface area contributed by atoms with Crippen LogP contribution in [0.5, 0.6) is 0 Å². The molecule has 0 bridgehead atoms. The van der Waals surface area contributed by atoms with Crippen molar-refractivity contribution >= 4 is 17.1 Å². The Hall–Kier alpha value is -1.73. The summed E-state index contributed by atoms with van der Waals surface area (Å²) in [5.74, 6) is 0. The molecule has 2 heterocycles. The molecular formula is C11H10ClN3O. The van der Waals surface area contributed by atoms with Gasteiger partial charge in [-0.15, -0.1) is 0 Å². The van der Waals surface area contributed by atoms with Gasteiger partial charge in [0.15, 0.2) is 0 Å². The summed E-state index contributed by atoms with van der Waals surface area (Å²) in [5.41, 5.74) is 0.918. The van der Waals surface area contributed by atoms with Gasteiger partial charge in [-0.1, -0.05) is 24.9 Å². The summed E-state index contributed by atoms with van der Waals surface area (Å²) in [7, 11) is 0. The largest absolute Gasteiger partial charge is 0.300 e. The molecule has 0 aliphatic heterocycles. The van der Waals surface area contributed by atoms with E-state index in [4.69, 9.17) is 16.9 Å². The van der Waals surface area contributed by atoms with Gasteiger partial charge in [0.25, 0.3) is 0 Å². The Morgan fingerprint density at radius 3 is 3.00 bits per heavy atom. The van der Waals surface area contributed by atoms with E-state index in [2.05, 4.69) is 5.10 Å². The van der Waals surface area contributed by atoms with Gasteiger partial charge in [0, 0.05) is 11.8 Å². The van der Waals surface area contributed by atoms with Gasteiger partial charge in [-0.25, -0.2) is 4.52 Å². The molecule has 4 nitrogen and oxygen atoms in total. The first-order valence-corrected chi connectivity index (χ1v) is 5.39. The van der Waals surface area contributed by atoms with Gasteiger partial charge in [-0.3, -0.25) is 4.79 Å². The van der Waals surface area contributed by atoms with E-state index in [0.29, 0.717) is 22.7 Å². The lowest BCUT2D eigenvalue weighted by Crippen LogP contribution is -2.16. The number of nitriles is 1. The molecular weight excluding hydrogens is 226 g/mol. The van der Waals surface area contributed by atoms with Gasteiger partial charge in [-0.2, -0.15) is 5.26 Å². The van der Waals surface area contributed by atoms with Crippen LogP contribution in [0.25, 0.3) is 5.52 Å². The maximum absolute atomic E-state index is 12.0. The molecule has 16 heavy (non-hydrogen) atoms. The Labute approximate surface area is 97.1 Å². The van der Waals surface area contributed by atoms with E-state index < -0.39 is 0 Å². The average Bonchev–Trinajstić information content (AvgIpc) is 2.74. The Morgan fingerprint density at radius 1 is 1.62 bits per heavy atom. The average molecular weight is 236 g/mol. The van der Waals surface area contributed by atoms with Crippen LogP contribution in [0.15, 0.2) is 17.1 Å². The Balaban J connectivity index is 2.92. The molecule has 0 fully saturated rings. The number of nitrogens with one attached hydrogen (secondary N) is 1. The van der Waals surface area contributed by atoms with Crippen molar-refractivity contribution in [3.05, 3.63) is 38.8 Å². The first-order valence-electron chi connectivity index (χ1n) is 5.01. The highest BCUT2D eigenvalue weighted by Crippen LogP contribution is 2.18. The van der Waals surface area contributed by atoms with Gasteiger partial charge in [0.1, 0.15) is 16.8 Å². The Kier molecular flexibility index (Phi) is 2.71. The second kappa shape index (κ2) is 4.03. The molecule has 0 atom stereocenters. The third-order valence-corrected chi connectivity index (χ3v) is 2.90. The van der Waals surface area contributed by atoms with Crippen molar-refractivity contribution in [3.8, 4) is 6.07 Å². The summed E-state index contributed by atoms with van der Waals surface area (Å²) in [6.07, 6.45) is 3.04. The smallest absolute Gasteiger partial charge is 0.204 e. The minimum Gasteiger partial charge on any atom is -0.300 e. The molecule has 2 aromatic rings. The molecule has 1 N–H and O–H groups in total. The number of hydrogen-bond donors (Lipinski definition) is 1. The molecule has 0 saturated heterocycles. The number of pyridine rings is 1. The first kappa shape index (κ1) is 10.8. The monoisotopic (exact) mass is 235 g/mol. The number of aromatic nitrogens is 2. The molecule has 2 rings (SSSR count). The predicted molar refractivity (Wildman–Crippen MR) is 61.7 cm³/mol. The highest BCUT2D eigenvalue weighted by atomic mass is 35.5. The highest BCUT2D eigenvalue weighted by molar-refractivity contribution is 6.30. The van der Waals surface area contributed by atoms with E-state index in [1.54, 1.807) is 16.8 Å². The molecule has 0 spiro atoms. The Morgan fingerprint density at radius 2 is 2.38 bits per heavy atom. The first-order chi connectivity index (χ1) is 7.70. The van der Waals surface area contributed by atoms with Crippen molar-refractivity contribution < 1.29 is 0 Å². The van der Waals surface area contributed by atoms with E-state index in [9.17, 15) is 4.79 Å². The summed E-state index contributed by atoms with van der Waals surface area (Å²) in [5, 5.41) is 12.2. The summed E-state index contributed by atoms with van der Waals surface area (Å²) in [4.78, 5) is 12.0. The predicted octanol–water partition coefficient (Wildman–Crippen LogP) is 2.11. The van der Waals surface area contributed by atoms with Crippen LogP contribution in [-0.2, 0) is 6.42 Å². The van der Waals surface area contributed by atoms with Crippen molar-refractivity contribution in [1.82, 2.24) is 9.61 Å². The number of fused-ring (bicyclic) bond motifs is 1. The van der Waals surface area contributed by atoms with E-state index in [-0.39, 0.29) is 11.0 Å². The maximum atomic E-state index is 12.0. The Bertz CT molecular complexity index is 633. The van der Waals surface area contributed by atoms with Crippen LogP contribution in [0.4, 0.5) is 0 Å². The number of H-pyrrole nitrogens is 1. The zero-order chi connectivity index (χ0) is 11.7. The second-order valence-corrected chi connectivity index (χ2v) is 3.88. The normalized spacial score (nSPS) is 10.6. The SMILES string of the molecule is CCCc1c(Cl)n2[nH]ccc2c(C#N)c1=O. The van der Waals surface area contributed by atoms with Crippen LogP contribution in [-0.4, -0.2) is 9.61 Å². The molecule has 5 heteroatoms. The summed E-state index contributed by atoms with van der Waals surface area (Å²) in [6.45, 7) is 1.96. The van der Waals surface area contributed by atoms with Crippen molar-refractivity contribution in [3.63, 3.8) is 0 Å². The fourth-order valence-electron chi connectivity index (χ4n) is 1.76. The lowest BCUT2D eigenvalue weighted by Gasteiger charge is -2.06. The van der Waals surface area contributed by atoms with Crippen LogP contribution in [0.3, 0.4) is 0 Å². The van der Waals surface area contributed by atoms with Crippen molar-refractivity contribution in [2.24, 2.45) is 0 Å². The van der Waals surface area contributed by atoms with Crippen molar-refractivity contribution in [1.29, 1.82) is 5.26 Å². The van der Waals surface area contributed by atoms with Crippen LogP contribution < -0.4 is 5.43 Å². The molecule has 0 unspecified atom stereocenters. The molecule has 0 aliphatic carbocycles. The minimum absolute atomic E-state index is 0.147. The second-order valence-electron chi connectivity index (χ2n) is 3.52. The van der Waals surface area contributed by atoms with Gasteiger partial charge < -0.3 is 5.10 Å². The summed E-state index contributed by atoms with van der Waals surface area (Å²) in [6, 6.07) is 3.61. The van der Waals surface area contributed by atoms with Crippen LogP contribution >= 0.6 is 11.6 Å². The summed E-state index contributed by atoms with van der Waals surface area (Å²) >= 11 is 6.12. The fourth-order valence-corrected chi connectivity index (χ4v) is 2.08. The lowest BCUT2D eigenvalue weighted by molar-refractivity contribution is 0.872. The topological polar surface area (TPSA) is 61.1 Å². The maximum Gasteiger partial charge on any atom is 0.204 e. The van der Waals surface area contributed by atoms with Crippen LogP contribution in [0.2, 0.25) is 5.15 Å². The summed E-state index contributed by atoms with van der Waals surface area (Å²) < 4.78 is 1.56. The molecule has 0 saturated carbocycles. The zero-order valence-corrected chi connectivity index (χ0v) is 9.51. The van der Waals surface area contributed by atoms with Gasteiger partial charge in [-0.05, 0) is 12.5 Å². The third-order valence-electron chi connectivity index (χ3n) is 2.50. The van der Waals surface area contributed by atoms with Crippen molar-refractivity contribution in [2.75, 3.05) is 0 Å². The number of rotatable bonds is 2. The third kappa shape index (κ3) is 1.41. The van der Waals surface area contributed by atoms with Gasteiger partial charge in [0.2, 0.25) is 5.43 Å². The molecule has 82 valence electrons. The van der Waals surface area contributed by atoms with E-state index >= 15 is 0 Å². The standard InChI is InChI=1S/C11H10ClN3O/c1-2-3-7-10(16)8(6-13)9-4-5-14-15(9)11(7)12/h4-5,14H,2-3H2,1H3. The molecule has 0 amide bonds. The lowest BCUT2D eigenvalue weighted by atomic mass is 10.1. The van der Waals surface area contributed by atoms with E-state index in [0.717, 1.165) is 6.42 Å². The van der Waals surface area contributed by atoms with Crippen LogP contribution in [0.1, 0.15) is 24.5 Å². The van der Waals surface area contributed by atoms with Gasteiger partial charge >= 0.3 is 0 Å². The molecule has 0 radical (unpaired) electrons. The number of hydrogen-bond acceptors (Lipinski definition) is 2. The quantitative estimate of drug-likeness (QED) is 0.811. The molecule has 0 aliphatic rings. The zero-order valence-electron chi connectivity index (χ0n) is 8.75. The number of nitrogens with zero attached hydrogens (tertiary/aromatic N) is 2. The molecule has 0 aromatic carbocycles. The van der Waals surface area contributed by atoms with E-state index in [1.807, 2.05) is 13.0 Å².